The lowest BCUT2D eigenvalue weighted by molar-refractivity contribution is 0.0691. The normalized spacial score (nSPS) is 11.5. The van der Waals surface area contributed by atoms with E-state index in [0.717, 1.165) is 34.3 Å². The molecule has 0 saturated carbocycles. The first-order chi connectivity index (χ1) is 14.3. The smallest absolute Gasteiger partial charge is 0.355 e. The van der Waals surface area contributed by atoms with Crippen LogP contribution in [0.5, 0.6) is 0 Å². The summed E-state index contributed by atoms with van der Waals surface area (Å²) >= 11 is 1.18. The quantitative estimate of drug-likeness (QED) is 0.503. The predicted molar refractivity (Wildman–Crippen MR) is 115 cm³/mol. The topological polar surface area (TPSA) is 102 Å². The number of aromatic nitrogens is 3. The lowest BCUT2D eigenvalue weighted by Gasteiger charge is -2.07. The zero-order chi connectivity index (χ0) is 21.5. The molecule has 0 aliphatic rings. The molecule has 0 saturated heterocycles. The van der Waals surface area contributed by atoms with Crippen molar-refractivity contribution in [3.63, 3.8) is 0 Å². The Labute approximate surface area is 177 Å². The minimum Gasteiger partial charge on any atom is -0.476 e. The van der Waals surface area contributed by atoms with Crippen molar-refractivity contribution in [3.05, 3.63) is 71.2 Å². The maximum absolute atomic E-state index is 11.8. The fourth-order valence-electron chi connectivity index (χ4n) is 3.16. The summed E-state index contributed by atoms with van der Waals surface area (Å²) in [4.78, 5) is 15.7. The summed E-state index contributed by atoms with van der Waals surface area (Å²) in [6.45, 7) is 1.93. The minimum absolute atomic E-state index is 0.0530. The number of carboxylic acid groups (broad SMARTS) is 1. The van der Waals surface area contributed by atoms with Gasteiger partial charge in [0.25, 0.3) is 0 Å². The lowest BCUT2D eigenvalue weighted by Crippen LogP contribution is -2.02. The molecule has 2 aromatic heterocycles. The molecular formula is C21H17N3O4S2. The van der Waals surface area contributed by atoms with E-state index in [1.807, 2.05) is 37.3 Å². The molecule has 0 unspecified atom stereocenters. The van der Waals surface area contributed by atoms with Crippen LogP contribution in [0.1, 0.15) is 16.1 Å². The van der Waals surface area contributed by atoms with Gasteiger partial charge in [-0.1, -0.05) is 42.5 Å². The molecule has 0 radical (unpaired) electrons. The molecule has 0 spiro atoms. The number of aromatic carboxylic acids is 1. The van der Waals surface area contributed by atoms with Crippen molar-refractivity contribution in [2.24, 2.45) is 0 Å². The first-order valence-corrected chi connectivity index (χ1v) is 11.7. The highest BCUT2D eigenvalue weighted by molar-refractivity contribution is 7.90. The van der Waals surface area contributed by atoms with Crippen LogP contribution in [0.25, 0.3) is 27.6 Å². The van der Waals surface area contributed by atoms with E-state index < -0.39 is 15.8 Å². The van der Waals surface area contributed by atoms with E-state index in [9.17, 15) is 18.3 Å². The SMILES string of the molecule is Cc1c(-c2ccccc2)nn(-c2nc(C(=O)O)cs2)c1-c1ccc(S(C)(=O)=O)cc1. The molecule has 2 aromatic carbocycles. The summed E-state index contributed by atoms with van der Waals surface area (Å²) in [7, 11) is -3.32. The number of benzene rings is 2. The van der Waals surface area contributed by atoms with E-state index in [0.29, 0.717) is 5.13 Å². The van der Waals surface area contributed by atoms with Gasteiger partial charge in [0.05, 0.1) is 16.3 Å². The molecule has 1 N–H and O–H groups in total. The second-order valence-corrected chi connectivity index (χ2v) is 9.57. The second-order valence-electron chi connectivity index (χ2n) is 6.72. The van der Waals surface area contributed by atoms with Crippen LogP contribution in [0.15, 0.2) is 64.9 Å². The van der Waals surface area contributed by atoms with Gasteiger partial charge in [0.2, 0.25) is 5.13 Å². The molecule has 7 nitrogen and oxygen atoms in total. The predicted octanol–water partition coefficient (Wildman–Crippen LogP) is 4.07. The molecule has 4 aromatic rings. The van der Waals surface area contributed by atoms with Crippen LogP contribution >= 0.6 is 11.3 Å². The van der Waals surface area contributed by atoms with E-state index in [4.69, 9.17) is 5.10 Å². The molecule has 152 valence electrons. The van der Waals surface area contributed by atoms with Gasteiger partial charge in [0.1, 0.15) is 0 Å². The van der Waals surface area contributed by atoms with Crippen molar-refractivity contribution in [2.45, 2.75) is 11.8 Å². The van der Waals surface area contributed by atoms with Crippen LogP contribution < -0.4 is 0 Å². The van der Waals surface area contributed by atoms with Gasteiger partial charge in [0.15, 0.2) is 15.5 Å². The van der Waals surface area contributed by atoms with Crippen molar-refractivity contribution >= 4 is 27.1 Å². The second kappa shape index (κ2) is 7.51. The molecule has 0 amide bonds. The minimum atomic E-state index is -3.32. The number of thiazole rings is 1. The zero-order valence-corrected chi connectivity index (χ0v) is 17.7. The van der Waals surface area contributed by atoms with Gasteiger partial charge in [-0.05, 0) is 19.1 Å². The number of carboxylic acids is 1. The Morgan fingerprint density at radius 2 is 1.70 bits per heavy atom. The van der Waals surface area contributed by atoms with E-state index in [1.54, 1.807) is 28.9 Å². The summed E-state index contributed by atoms with van der Waals surface area (Å²) in [5.74, 6) is -1.11. The van der Waals surface area contributed by atoms with E-state index in [1.165, 1.54) is 16.7 Å². The summed E-state index contributed by atoms with van der Waals surface area (Å²) in [5, 5.41) is 15.8. The van der Waals surface area contributed by atoms with Crippen molar-refractivity contribution in [2.75, 3.05) is 6.26 Å². The maximum Gasteiger partial charge on any atom is 0.355 e. The Kier molecular flexibility index (Phi) is 5.00. The molecule has 0 bridgehead atoms. The maximum atomic E-state index is 11.8. The molecule has 30 heavy (non-hydrogen) atoms. The molecule has 4 rings (SSSR count). The van der Waals surface area contributed by atoms with Gasteiger partial charge in [-0.15, -0.1) is 11.3 Å². The van der Waals surface area contributed by atoms with E-state index in [-0.39, 0.29) is 10.6 Å². The Morgan fingerprint density at radius 1 is 1.03 bits per heavy atom. The van der Waals surface area contributed by atoms with Gasteiger partial charge in [-0.3, -0.25) is 0 Å². The zero-order valence-electron chi connectivity index (χ0n) is 16.1. The third-order valence-corrected chi connectivity index (χ3v) is 6.56. The Morgan fingerprint density at radius 3 is 2.27 bits per heavy atom. The van der Waals surface area contributed by atoms with Crippen molar-refractivity contribution in [1.29, 1.82) is 0 Å². The number of hydrogen-bond donors (Lipinski definition) is 1. The molecule has 0 aliphatic heterocycles. The molecule has 0 fully saturated rings. The molecule has 2 heterocycles. The third-order valence-electron chi connectivity index (χ3n) is 4.62. The Balaban J connectivity index is 1.93. The third kappa shape index (κ3) is 3.64. The van der Waals surface area contributed by atoms with Crippen molar-refractivity contribution in [1.82, 2.24) is 14.8 Å². The Bertz CT molecular complexity index is 1340. The van der Waals surface area contributed by atoms with Crippen LogP contribution in [-0.4, -0.2) is 40.5 Å². The molecule has 0 aliphatic carbocycles. The van der Waals surface area contributed by atoms with Crippen LogP contribution in [0, 0.1) is 6.92 Å². The van der Waals surface area contributed by atoms with E-state index >= 15 is 0 Å². The monoisotopic (exact) mass is 439 g/mol. The van der Waals surface area contributed by atoms with Crippen LogP contribution in [0.4, 0.5) is 0 Å². The van der Waals surface area contributed by atoms with Gasteiger partial charge >= 0.3 is 5.97 Å². The van der Waals surface area contributed by atoms with Crippen LogP contribution in [-0.2, 0) is 9.84 Å². The van der Waals surface area contributed by atoms with Crippen LogP contribution in [0.2, 0.25) is 0 Å². The fourth-order valence-corrected chi connectivity index (χ4v) is 4.55. The van der Waals surface area contributed by atoms with Crippen molar-refractivity contribution < 1.29 is 18.3 Å². The number of hydrogen-bond acceptors (Lipinski definition) is 6. The lowest BCUT2D eigenvalue weighted by atomic mass is 10.0. The highest BCUT2D eigenvalue weighted by Gasteiger charge is 2.21. The molecular weight excluding hydrogens is 422 g/mol. The average Bonchev–Trinajstić information content (AvgIpc) is 3.33. The summed E-state index contributed by atoms with van der Waals surface area (Å²) in [6, 6.07) is 16.2. The standard InChI is InChI=1S/C21H17N3O4S2/c1-13-18(14-6-4-3-5-7-14)23-24(21-22-17(12-29-21)20(25)26)19(13)15-8-10-16(11-9-15)30(2,27)28/h3-12H,1-2H3,(H,25,26). The number of rotatable bonds is 5. The first kappa shape index (κ1) is 20.0. The van der Waals surface area contributed by atoms with Crippen LogP contribution in [0.3, 0.4) is 0 Å². The van der Waals surface area contributed by atoms with Gasteiger partial charge < -0.3 is 5.11 Å². The largest absolute Gasteiger partial charge is 0.476 e. The Hall–Kier alpha value is -3.30. The first-order valence-electron chi connectivity index (χ1n) is 8.90. The number of nitrogens with zero attached hydrogens (tertiary/aromatic N) is 3. The van der Waals surface area contributed by atoms with Crippen molar-refractivity contribution in [3.8, 4) is 27.6 Å². The summed E-state index contributed by atoms with van der Waals surface area (Å²) < 4.78 is 25.2. The van der Waals surface area contributed by atoms with Gasteiger partial charge in [0, 0.05) is 28.3 Å². The van der Waals surface area contributed by atoms with Gasteiger partial charge in [-0.2, -0.15) is 5.10 Å². The highest BCUT2D eigenvalue weighted by Crippen LogP contribution is 2.34. The fraction of sp³-hybridized carbons (Fsp3) is 0.0952. The number of sulfone groups is 1. The number of carbonyl (C=O) groups is 1. The summed E-state index contributed by atoms with van der Waals surface area (Å²) in [6.07, 6.45) is 1.16. The molecule has 9 heteroatoms. The van der Waals surface area contributed by atoms with Gasteiger partial charge in [-0.25, -0.2) is 22.9 Å². The summed E-state index contributed by atoms with van der Waals surface area (Å²) in [5.41, 5.74) is 3.95. The highest BCUT2D eigenvalue weighted by atomic mass is 32.2. The molecule has 0 atom stereocenters. The average molecular weight is 440 g/mol. The van der Waals surface area contributed by atoms with E-state index in [2.05, 4.69) is 4.98 Å².